The lowest BCUT2D eigenvalue weighted by atomic mass is 9.94. The summed E-state index contributed by atoms with van der Waals surface area (Å²) in [7, 11) is 3.19. The second-order valence-corrected chi connectivity index (χ2v) is 7.06. The highest BCUT2D eigenvalue weighted by Crippen LogP contribution is 2.33. The van der Waals surface area contributed by atoms with Crippen molar-refractivity contribution in [1.29, 1.82) is 0 Å². The molecule has 8 heteroatoms. The second-order valence-electron chi connectivity index (χ2n) is 6.24. The molecule has 2 atom stereocenters. The summed E-state index contributed by atoms with van der Waals surface area (Å²) in [6.45, 7) is 4.83. The molecule has 1 aliphatic rings. The van der Waals surface area contributed by atoms with Gasteiger partial charge in [0.2, 0.25) is 0 Å². The highest BCUT2D eigenvalue weighted by molar-refractivity contribution is 7.80. The fourth-order valence-electron chi connectivity index (χ4n) is 3.07. The molecule has 0 saturated carbocycles. The van der Waals surface area contributed by atoms with Gasteiger partial charge in [-0.2, -0.15) is 0 Å². The van der Waals surface area contributed by atoms with Crippen molar-refractivity contribution in [1.82, 2.24) is 10.2 Å². The van der Waals surface area contributed by atoms with Crippen LogP contribution in [0.3, 0.4) is 0 Å². The van der Waals surface area contributed by atoms with E-state index in [0.29, 0.717) is 28.9 Å². The number of carbonyl (C=O) groups is 1. The number of carbonyl (C=O) groups excluding carboxylic acids is 1. The molecular weight excluding hydrogens is 388 g/mol. The Labute approximate surface area is 170 Å². The second kappa shape index (κ2) is 10.0. The number of hydrogen-bond donors (Lipinski definition) is 1. The molecule has 27 heavy (non-hydrogen) atoms. The molecule has 0 radical (unpaired) electrons. The minimum Gasteiger partial charge on any atom is -0.460 e. The van der Waals surface area contributed by atoms with Gasteiger partial charge in [0, 0.05) is 24.9 Å². The Morgan fingerprint density at radius 3 is 2.52 bits per heavy atom. The quantitative estimate of drug-likeness (QED) is 0.400. The SMILES string of the molecule is COCCOC(=O)C1=C(C)N([C@@H](C)COC)C(=S)N[C@@H]1c1ccc(Cl)cc1. The van der Waals surface area contributed by atoms with E-state index in [0.717, 1.165) is 11.3 Å². The molecule has 2 rings (SSSR count). The average molecular weight is 413 g/mol. The molecule has 148 valence electrons. The zero-order valence-electron chi connectivity index (χ0n) is 16.0. The van der Waals surface area contributed by atoms with Crippen LogP contribution in [-0.2, 0) is 19.0 Å². The Balaban J connectivity index is 2.44. The van der Waals surface area contributed by atoms with Gasteiger partial charge in [0.1, 0.15) is 6.61 Å². The van der Waals surface area contributed by atoms with Crippen molar-refractivity contribution in [3.8, 4) is 0 Å². The lowest BCUT2D eigenvalue weighted by Crippen LogP contribution is -2.52. The minimum absolute atomic E-state index is 0.0389. The molecule has 0 unspecified atom stereocenters. The number of esters is 1. The Morgan fingerprint density at radius 1 is 1.26 bits per heavy atom. The molecule has 1 aliphatic heterocycles. The van der Waals surface area contributed by atoms with Crippen LogP contribution in [0, 0.1) is 0 Å². The molecule has 0 aliphatic carbocycles. The van der Waals surface area contributed by atoms with Crippen LogP contribution in [0.15, 0.2) is 35.5 Å². The summed E-state index contributed by atoms with van der Waals surface area (Å²) in [6, 6.07) is 6.84. The summed E-state index contributed by atoms with van der Waals surface area (Å²) in [5.74, 6) is -0.408. The van der Waals surface area contributed by atoms with Crippen molar-refractivity contribution in [2.75, 3.05) is 34.0 Å². The molecule has 0 spiro atoms. The maximum atomic E-state index is 12.9. The highest BCUT2D eigenvalue weighted by Gasteiger charge is 2.36. The van der Waals surface area contributed by atoms with Gasteiger partial charge in [-0.25, -0.2) is 4.79 Å². The maximum Gasteiger partial charge on any atom is 0.338 e. The monoisotopic (exact) mass is 412 g/mol. The van der Waals surface area contributed by atoms with E-state index in [4.69, 9.17) is 38.0 Å². The Hall–Kier alpha value is -1.67. The predicted octanol–water partition coefficient (Wildman–Crippen LogP) is 3.07. The third-order valence-electron chi connectivity index (χ3n) is 4.32. The largest absolute Gasteiger partial charge is 0.460 e. The number of thiocarbonyl (C=S) groups is 1. The smallest absolute Gasteiger partial charge is 0.338 e. The summed E-state index contributed by atoms with van der Waals surface area (Å²) in [4.78, 5) is 14.8. The van der Waals surface area contributed by atoms with Crippen LogP contribution in [0.5, 0.6) is 0 Å². The number of nitrogens with one attached hydrogen (secondary N) is 1. The van der Waals surface area contributed by atoms with Crippen LogP contribution < -0.4 is 5.32 Å². The average Bonchev–Trinajstić information content (AvgIpc) is 2.62. The molecule has 0 fully saturated rings. The zero-order chi connectivity index (χ0) is 20.0. The minimum atomic E-state index is -0.421. The number of rotatable bonds is 8. The number of hydrogen-bond acceptors (Lipinski definition) is 5. The number of allylic oxidation sites excluding steroid dienone is 1. The Morgan fingerprint density at radius 2 is 1.93 bits per heavy atom. The van der Waals surface area contributed by atoms with E-state index in [1.54, 1.807) is 26.4 Å². The number of benzene rings is 1. The first kappa shape index (κ1) is 21.6. The van der Waals surface area contributed by atoms with Crippen LogP contribution in [-0.4, -0.2) is 56.1 Å². The van der Waals surface area contributed by atoms with Crippen molar-refractivity contribution >= 4 is 34.9 Å². The van der Waals surface area contributed by atoms with E-state index in [9.17, 15) is 4.79 Å². The van der Waals surface area contributed by atoms with Gasteiger partial charge in [-0.15, -0.1) is 0 Å². The molecule has 0 bridgehead atoms. The van der Waals surface area contributed by atoms with Gasteiger partial charge in [0.25, 0.3) is 0 Å². The molecule has 0 amide bonds. The molecule has 0 saturated heterocycles. The molecule has 6 nitrogen and oxygen atoms in total. The van der Waals surface area contributed by atoms with E-state index < -0.39 is 12.0 Å². The van der Waals surface area contributed by atoms with Crippen molar-refractivity contribution < 1.29 is 19.0 Å². The standard InChI is InChI=1S/C19H25ClN2O4S/c1-12(11-25-4)22-13(2)16(18(23)26-10-9-24-3)17(21-19(22)27)14-5-7-15(20)8-6-14/h5-8,12,17H,9-11H2,1-4H3,(H,21,27)/t12-,17+/m0/s1. The van der Waals surface area contributed by atoms with Crippen molar-refractivity contribution in [2.24, 2.45) is 0 Å². The lowest BCUT2D eigenvalue weighted by molar-refractivity contribution is -0.140. The normalized spacial score (nSPS) is 18.3. The van der Waals surface area contributed by atoms with Crippen LogP contribution >= 0.6 is 23.8 Å². The van der Waals surface area contributed by atoms with Gasteiger partial charge in [0.15, 0.2) is 5.11 Å². The predicted molar refractivity (Wildman–Crippen MR) is 109 cm³/mol. The summed E-state index contributed by atoms with van der Waals surface area (Å²) < 4.78 is 15.6. The molecule has 1 aromatic carbocycles. The van der Waals surface area contributed by atoms with Gasteiger partial charge < -0.3 is 24.4 Å². The first-order valence-corrected chi connectivity index (χ1v) is 9.40. The molecule has 0 aromatic heterocycles. The Bertz CT molecular complexity index is 708. The third kappa shape index (κ3) is 5.19. The Kier molecular flexibility index (Phi) is 8.04. The third-order valence-corrected chi connectivity index (χ3v) is 4.89. The fraction of sp³-hybridized carbons (Fsp3) is 0.474. The van der Waals surface area contributed by atoms with E-state index in [1.807, 2.05) is 30.9 Å². The summed E-state index contributed by atoms with van der Waals surface area (Å²) in [5.41, 5.74) is 2.12. The number of methoxy groups -OCH3 is 2. The van der Waals surface area contributed by atoms with Gasteiger partial charge in [-0.3, -0.25) is 0 Å². The van der Waals surface area contributed by atoms with Crippen molar-refractivity contribution in [2.45, 2.75) is 25.9 Å². The van der Waals surface area contributed by atoms with Gasteiger partial charge in [-0.1, -0.05) is 23.7 Å². The maximum absolute atomic E-state index is 12.9. The van der Waals surface area contributed by atoms with E-state index in [1.165, 1.54) is 0 Å². The summed E-state index contributed by atoms with van der Waals surface area (Å²) in [5, 5.41) is 4.42. The van der Waals surface area contributed by atoms with Gasteiger partial charge in [-0.05, 0) is 43.8 Å². The zero-order valence-corrected chi connectivity index (χ0v) is 17.5. The molecular formula is C19H25ClN2O4S. The summed E-state index contributed by atoms with van der Waals surface area (Å²) in [6.07, 6.45) is 0. The first-order chi connectivity index (χ1) is 12.9. The topological polar surface area (TPSA) is 60.0 Å². The van der Waals surface area contributed by atoms with Crippen LogP contribution in [0.4, 0.5) is 0 Å². The highest BCUT2D eigenvalue weighted by atomic mass is 35.5. The van der Waals surface area contributed by atoms with Gasteiger partial charge in [0.05, 0.1) is 30.9 Å². The molecule has 1 heterocycles. The molecule has 1 N–H and O–H groups in total. The van der Waals surface area contributed by atoms with Crippen LogP contribution in [0.1, 0.15) is 25.5 Å². The number of ether oxygens (including phenoxy) is 3. The number of nitrogens with zero attached hydrogens (tertiary/aromatic N) is 1. The van der Waals surface area contributed by atoms with E-state index in [2.05, 4.69) is 5.32 Å². The lowest BCUT2D eigenvalue weighted by Gasteiger charge is -2.40. The first-order valence-electron chi connectivity index (χ1n) is 8.61. The molecule has 1 aromatic rings. The van der Waals surface area contributed by atoms with Crippen LogP contribution in [0.2, 0.25) is 5.02 Å². The van der Waals surface area contributed by atoms with Crippen molar-refractivity contribution in [3.63, 3.8) is 0 Å². The van der Waals surface area contributed by atoms with E-state index in [-0.39, 0.29) is 12.6 Å². The van der Waals surface area contributed by atoms with Gasteiger partial charge >= 0.3 is 5.97 Å². The van der Waals surface area contributed by atoms with E-state index >= 15 is 0 Å². The summed E-state index contributed by atoms with van der Waals surface area (Å²) >= 11 is 11.6. The number of halogens is 1. The fourth-order valence-corrected chi connectivity index (χ4v) is 3.63. The van der Waals surface area contributed by atoms with Crippen LogP contribution in [0.25, 0.3) is 0 Å². The van der Waals surface area contributed by atoms with Crippen molar-refractivity contribution in [3.05, 3.63) is 46.1 Å².